The molecule has 1 N–H and O–H groups in total. The van der Waals surface area contributed by atoms with Gasteiger partial charge in [-0.1, -0.05) is 23.2 Å². The first-order chi connectivity index (χ1) is 15.7. The summed E-state index contributed by atoms with van der Waals surface area (Å²) in [5.74, 6) is -0.853. The highest BCUT2D eigenvalue weighted by atomic mass is 35.5. The number of anilines is 1. The van der Waals surface area contributed by atoms with Crippen molar-refractivity contribution in [3.63, 3.8) is 0 Å². The van der Waals surface area contributed by atoms with Gasteiger partial charge >= 0.3 is 5.69 Å². The van der Waals surface area contributed by atoms with Crippen LogP contribution in [0.25, 0.3) is 11.2 Å². The van der Waals surface area contributed by atoms with Gasteiger partial charge in [0.05, 0.1) is 16.4 Å². The third-order valence-electron chi connectivity index (χ3n) is 5.81. The molecule has 2 amide bonds. The number of aromatic nitrogens is 4. The van der Waals surface area contributed by atoms with Gasteiger partial charge in [0.15, 0.2) is 11.2 Å². The van der Waals surface area contributed by atoms with E-state index in [1.54, 1.807) is 19.2 Å². The van der Waals surface area contributed by atoms with Crippen molar-refractivity contribution in [1.29, 1.82) is 0 Å². The Morgan fingerprint density at radius 1 is 1.15 bits per heavy atom. The highest BCUT2D eigenvalue weighted by Gasteiger charge is 2.33. The van der Waals surface area contributed by atoms with Crippen molar-refractivity contribution in [3.8, 4) is 0 Å². The van der Waals surface area contributed by atoms with Crippen molar-refractivity contribution in [2.75, 3.05) is 11.9 Å². The number of piperidine rings is 1. The Balaban J connectivity index is 1.60. The van der Waals surface area contributed by atoms with E-state index in [4.69, 9.17) is 23.2 Å². The summed E-state index contributed by atoms with van der Waals surface area (Å²) in [5.41, 5.74) is -0.326. The highest BCUT2D eigenvalue weighted by molar-refractivity contribution is 6.42. The molecular weight excluding hydrogens is 471 g/mol. The van der Waals surface area contributed by atoms with Crippen LogP contribution in [0.1, 0.15) is 19.3 Å². The Labute approximate surface area is 198 Å². The molecule has 1 aliphatic heterocycles. The van der Waals surface area contributed by atoms with Crippen LogP contribution in [-0.2, 0) is 30.2 Å². The van der Waals surface area contributed by atoms with E-state index in [0.717, 1.165) is 17.4 Å². The largest absolute Gasteiger partial charge is 0.332 e. The van der Waals surface area contributed by atoms with Crippen LogP contribution < -0.4 is 16.6 Å². The molecule has 1 saturated heterocycles. The maximum absolute atomic E-state index is 13.2. The van der Waals surface area contributed by atoms with Crippen molar-refractivity contribution in [2.24, 2.45) is 14.1 Å². The van der Waals surface area contributed by atoms with E-state index in [1.807, 2.05) is 0 Å². The molecule has 0 spiro atoms. The van der Waals surface area contributed by atoms with E-state index in [1.165, 1.54) is 33.5 Å². The number of rotatable bonds is 4. The summed E-state index contributed by atoms with van der Waals surface area (Å²) >= 11 is 11.9. The molecule has 1 aliphatic rings. The Bertz CT molecular complexity index is 1380. The van der Waals surface area contributed by atoms with Crippen molar-refractivity contribution < 1.29 is 9.59 Å². The minimum atomic E-state index is -0.735. The van der Waals surface area contributed by atoms with Gasteiger partial charge in [0.1, 0.15) is 12.6 Å². The van der Waals surface area contributed by atoms with E-state index >= 15 is 0 Å². The zero-order chi connectivity index (χ0) is 23.9. The van der Waals surface area contributed by atoms with Crippen molar-refractivity contribution >= 4 is 51.9 Å². The molecule has 0 saturated carbocycles. The second-order valence-corrected chi connectivity index (χ2v) is 8.79. The van der Waals surface area contributed by atoms with Crippen molar-refractivity contribution in [1.82, 2.24) is 23.6 Å². The summed E-state index contributed by atoms with van der Waals surface area (Å²) in [7, 11) is 3.13. The number of halogens is 2. The van der Waals surface area contributed by atoms with Crippen LogP contribution in [0.15, 0.2) is 34.1 Å². The summed E-state index contributed by atoms with van der Waals surface area (Å²) in [6, 6.07) is 3.98. The summed E-state index contributed by atoms with van der Waals surface area (Å²) < 4.78 is 3.62. The van der Waals surface area contributed by atoms with E-state index in [2.05, 4.69) is 10.3 Å². The van der Waals surface area contributed by atoms with Crippen molar-refractivity contribution in [3.05, 3.63) is 55.4 Å². The molecule has 2 aromatic heterocycles. The lowest BCUT2D eigenvalue weighted by Crippen LogP contribution is -2.52. The van der Waals surface area contributed by atoms with Crippen LogP contribution in [0.3, 0.4) is 0 Å². The molecule has 3 heterocycles. The van der Waals surface area contributed by atoms with Gasteiger partial charge in [-0.05, 0) is 37.5 Å². The number of carbonyl (C=O) groups excluding carboxylic acids is 2. The summed E-state index contributed by atoms with van der Waals surface area (Å²) in [4.78, 5) is 57.4. The summed E-state index contributed by atoms with van der Waals surface area (Å²) in [5, 5.41) is 3.43. The van der Waals surface area contributed by atoms with Gasteiger partial charge in [0.25, 0.3) is 5.56 Å². The van der Waals surface area contributed by atoms with Crippen LogP contribution in [0.4, 0.5) is 5.69 Å². The topological polar surface area (TPSA) is 111 Å². The zero-order valence-electron chi connectivity index (χ0n) is 18.0. The second-order valence-electron chi connectivity index (χ2n) is 7.98. The third kappa shape index (κ3) is 4.28. The Kier molecular flexibility index (Phi) is 6.31. The number of carbonyl (C=O) groups is 2. The number of hydrogen-bond donors (Lipinski definition) is 1. The highest BCUT2D eigenvalue weighted by Crippen LogP contribution is 2.26. The minimum absolute atomic E-state index is 0.220. The van der Waals surface area contributed by atoms with E-state index < -0.39 is 29.7 Å². The molecule has 1 unspecified atom stereocenters. The molecule has 10 nitrogen and oxygen atoms in total. The lowest BCUT2D eigenvalue weighted by Gasteiger charge is -2.34. The predicted octanol–water partition coefficient (Wildman–Crippen LogP) is 1.76. The summed E-state index contributed by atoms with van der Waals surface area (Å²) in [6.45, 7) is -0.121. The lowest BCUT2D eigenvalue weighted by molar-refractivity contribution is -0.141. The quantitative estimate of drug-likeness (QED) is 0.596. The van der Waals surface area contributed by atoms with E-state index in [-0.39, 0.29) is 17.1 Å². The van der Waals surface area contributed by atoms with Crippen LogP contribution in [-0.4, -0.2) is 48.0 Å². The van der Waals surface area contributed by atoms with Gasteiger partial charge in [0.2, 0.25) is 11.8 Å². The fourth-order valence-corrected chi connectivity index (χ4v) is 4.36. The monoisotopic (exact) mass is 492 g/mol. The first kappa shape index (κ1) is 23.1. The van der Waals surface area contributed by atoms with E-state index in [0.29, 0.717) is 28.7 Å². The number of hydrogen-bond acceptors (Lipinski definition) is 5. The van der Waals surface area contributed by atoms with Gasteiger partial charge < -0.3 is 14.8 Å². The molecule has 4 rings (SSSR count). The number of amides is 2. The fraction of sp³-hybridized carbons (Fsp3) is 0.381. The molecule has 3 aromatic rings. The summed E-state index contributed by atoms with van der Waals surface area (Å²) in [6.07, 6.45) is 3.39. The molecule has 1 fully saturated rings. The van der Waals surface area contributed by atoms with Crippen molar-refractivity contribution in [2.45, 2.75) is 31.8 Å². The number of aryl methyl sites for hydroxylation is 2. The maximum Gasteiger partial charge on any atom is 0.332 e. The molecule has 1 aromatic carbocycles. The molecular formula is C21H22Cl2N6O4. The number of imidazole rings is 1. The fourth-order valence-electron chi connectivity index (χ4n) is 4.06. The smallest absolute Gasteiger partial charge is 0.329 e. The Morgan fingerprint density at radius 3 is 2.64 bits per heavy atom. The second kappa shape index (κ2) is 9.03. The average Bonchev–Trinajstić information content (AvgIpc) is 3.19. The molecule has 33 heavy (non-hydrogen) atoms. The number of benzene rings is 1. The molecule has 0 radical (unpaired) electrons. The zero-order valence-corrected chi connectivity index (χ0v) is 19.6. The number of nitrogens with zero attached hydrogens (tertiary/aromatic N) is 5. The molecule has 0 aliphatic carbocycles. The molecule has 174 valence electrons. The number of fused-ring (bicyclic) bond motifs is 1. The Hall–Kier alpha value is -3.11. The lowest BCUT2D eigenvalue weighted by atomic mass is 10.0. The first-order valence-corrected chi connectivity index (χ1v) is 11.1. The standard InChI is InChI=1S/C21H22Cl2N6O4/c1-26-11-24-18-17(26)20(32)29(21(33)27(18)2)10-16(30)28-8-4-3-5-15(28)19(31)25-12-6-7-13(22)14(23)9-12/h6-7,9,11,15H,3-5,8,10H2,1-2H3,(H,25,31). The first-order valence-electron chi connectivity index (χ1n) is 10.3. The van der Waals surface area contributed by atoms with E-state index in [9.17, 15) is 19.2 Å². The molecule has 12 heteroatoms. The minimum Gasteiger partial charge on any atom is -0.329 e. The van der Waals surface area contributed by atoms with Gasteiger partial charge in [-0.25, -0.2) is 14.3 Å². The van der Waals surface area contributed by atoms with Gasteiger partial charge in [0, 0.05) is 26.3 Å². The normalized spacial score (nSPS) is 16.2. The number of nitrogens with one attached hydrogen (secondary N) is 1. The van der Waals surface area contributed by atoms with Crippen LogP contribution in [0, 0.1) is 0 Å². The number of likely N-dealkylation sites (tertiary alicyclic amines) is 1. The SMILES string of the molecule is Cn1cnc2c1c(=O)n(CC(=O)N1CCCCC1C(=O)Nc1ccc(Cl)c(Cl)c1)c(=O)n2C. The van der Waals surface area contributed by atoms with Gasteiger partial charge in [-0.15, -0.1) is 0 Å². The van der Waals surface area contributed by atoms with Gasteiger partial charge in [-0.2, -0.15) is 0 Å². The maximum atomic E-state index is 13.2. The Morgan fingerprint density at radius 2 is 1.91 bits per heavy atom. The molecule has 1 atom stereocenters. The van der Waals surface area contributed by atoms with Crippen LogP contribution in [0.2, 0.25) is 10.0 Å². The average molecular weight is 493 g/mol. The van der Waals surface area contributed by atoms with Crippen LogP contribution >= 0.6 is 23.2 Å². The van der Waals surface area contributed by atoms with Crippen LogP contribution in [0.5, 0.6) is 0 Å². The predicted molar refractivity (Wildman–Crippen MR) is 125 cm³/mol. The van der Waals surface area contributed by atoms with Gasteiger partial charge in [-0.3, -0.25) is 19.0 Å². The third-order valence-corrected chi connectivity index (χ3v) is 6.55. The molecule has 0 bridgehead atoms.